The van der Waals surface area contributed by atoms with Gasteiger partial charge in [-0.2, -0.15) is 4.31 Å². The van der Waals surface area contributed by atoms with Gasteiger partial charge in [0.25, 0.3) is 5.91 Å². The van der Waals surface area contributed by atoms with Crippen molar-refractivity contribution in [1.29, 1.82) is 0 Å². The van der Waals surface area contributed by atoms with E-state index in [1.54, 1.807) is 19.2 Å². The Balaban J connectivity index is 1.63. The van der Waals surface area contributed by atoms with Gasteiger partial charge in [0.15, 0.2) is 0 Å². The quantitative estimate of drug-likeness (QED) is 0.660. The van der Waals surface area contributed by atoms with E-state index in [0.29, 0.717) is 23.6 Å². The molecule has 4 atom stereocenters. The molecule has 1 amide bonds. The summed E-state index contributed by atoms with van der Waals surface area (Å²) < 4.78 is 27.6. The number of benzene rings is 1. The summed E-state index contributed by atoms with van der Waals surface area (Å²) in [6.45, 7) is 7.07. The minimum Gasteiger partial charge on any atom is -0.392 e. The van der Waals surface area contributed by atoms with Gasteiger partial charge in [-0.05, 0) is 60.6 Å². The molecule has 3 fully saturated rings. The Hall–Kier alpha value is -1.64. The van der Waals surface area contributed by atoms with Crippen molar-refractivity contribution in [2.75, 3.05) is 25.5 Å². The first kappa shape index (κ1) is 21.6. The van der Waals surface area contributed by atoms with Gasteiger partial charge in [0, 0.05) is 31.7 Å². The first-order chi connectivity index (χ1) is 14.0. The van der Waals surface area contributed by atoms with Gasteiger partial charge >= 0.3 is 0 Å². The van der Waals surface area contributed by atoms with Gasteiger partial charge in [-0.15, -0.1) is 0 Å². The lowest BCUT2D eigenvalue weighted by molar-refractivity contribution is 0.0737. The summed E-state index contributed by atoms with van der Waals surface area (Å²) in [5, 5.41) is 15.9. The molecule has 7 nitrogen and oxygen atoms in total. The standard InChI is InChI=1S/C22H33N3O4S/c1-21(2)15-7-9-22(3,12-15)20(21)24-19(27)14-5-6-17(23-4)18(11-14)30(28,29)25-10-8-16(26)13-25/h5-6,11,15-16,20,23,26H,7-10,12-13H2,1-4H3,(H,24,27). The summed E-state index contributed by atoms with van der Waals surface area (Å²) in [4.78, 5) is 13.3. The summed E-state index contributed by atoms with van der Waals surface area (Å²) >= 11 is 0. The van der Waals surface area contributed by atoms with Gasteiger partial charge in [0.05, 0.1) is 11.8 Å². The van der Waals surface area contributed by atoms with Crippen molar-refractivity contribution in [1.82, 2.24) is 9.62 Å². The third-order valence-corrected chi connectivity index (χ3v) is 9.71. The van der Waals surface area contributed by atoms with Crippen LogP contribution in [-0.4, -0.2) is 56.0 Å². The van der Waals surface area contributed by atoms with Crippen LogP contribution < -0.4 is 10.6 Å². The lowest BCUT2D eigenvalue weighted by atomic mass is 9.68. The average molecular weight is 436 g/mol. The lowest BCUT2D eigenvalue weighted by Crippen LogP contribution is -2.52. The van der Waals surface area contributed by atoms with Crippen LogP contribution in [-0.2, 0) is 10.0 Å². The Kier molecular flexibility index (Phi) is 5.19. The van der Waals surface area contributed by atoms with Crippen molar-refractivity contribution in [3.05, 3.63) is 23.8 Å². The van der Waals surface area contributed by atoms with Gasteiger partial charge in [0.2, 0.25) is 10.0 Å². The number of carbonyl (C=O) groups excluding carboxylic acids is 1. The number of rotatable bonds is 5. The molecule has 2 aliphatic carbocycles. The first-order valence-corrected chi connectivity index (χ1v) is 12.2. The average Bonchev–Trinajstić information content (AvgIpc) is 3.36. The van der Waals surface area contributed by atoms with Crippen LogP contribution in [0.2, 0.25) is 0 Å². The molecular weight excluding hydrogens is 402 g/mol. The van der Waals surface area contributed by atoms with Crippen molar-refractivity contribution >= 4 is 21.6 Å². The molecule has 2 bridgehead atoms. The summed E-state index contributed by atoms with van der Waals surface area (Å²) in [5.74, 6) is 0.374. The maximum Gasteiger partial charge on any atom is 0.251 e. The molecule has 3 aliphatic rings. The summed E-state index contributed by atoms with van der Waals surface area (Å²) in [5.41, 5.74) is 0.901. The lowest BCUT2D eigenvalue weighted by Gasteiger charge is -2.43. The molecule has 1 aromatic carbocycles. The molecule has 2 saturated carbocycles. The fourth-order valence-corrected chi connectivity index (χ4v) is 7.74. The number of fused-ring (bicyclic) bond motifs is 2. The van der Waals surface area contributed by atoms with E-state index in [0.717, 1.165) is 12.8 Å². The smallest absolute Gasteiger partial charge is 0.251 e. The molecule has 1 aliphatic heterocycles. The Bertz CT molecular complexity index is 956. The van der Waals surface area contributed by atoms with E-state index < -0.39 is 16.1 Å². The molecule has 0 radical (unpaired) electrons. The van der Waals surface area contributed by atoms with E-state index in [9.17, 15) is 18.3 Å². The fourth-order valence-electron chi connectivity index (χ4n) is 6.03. The van der Waals surface area contributed by atoms with Crippen molar-refractivity contribution in [2.45, 2.75) is 63.5 Å². The number of anilines is 1. The van der Waals surface area contributed by atoms with Crippen LogP contribution in [0.5, 0.6) is 0 Å². The third-order valence-electron chi connectivity index (χ3n) is 7.80. The van der Waals surface area contributed by atoms with Crippen LogP contribution >= 0.6 is 0 Å². The minimum atomic E-state index is -3.81. The second-order valence-electron chi connectivity index (χ2n) is 10.1. The predicted molar refractivity (Wildman–Crippen MR) is 116 cm³/mol. The van der Waals surface area contributed by atoms with Gasteiger partial charge in [-0.1, -0.05) is 20.8 Å². The number of β-amino-alcohol motifs (C(OH)–C–C–N with tert-alkyl or cyclic N) is 1. The monoisotopic (exact) mass is 435 g/mol. The number of sulfonamides is 1. The SMILES string of the molecule is CNc1ccc(C(=O)NC2C3(C)CCC(C3)C2(C)C)cc1S(=O)(=O)N1CCC(O)C1. The topological polar surface area (TPSA) is 98.7 Å². The number of amides is 1. The zero-order valence-electron chi connectivity index (χ0n) is 18.2. The number of hydrogen-bond acceptors (Lipinski definition) is 5. The number of hydrogen-bond donors (Lipinski definition) is 3. The van der Waals surface area contributed by atoms with Crippen molar-refractivity contribution in [3.63, 3.8) is 0 Å². The minimum absolute atomic E-state index is 0.0220. The Morgan fingerprint density at radius 3 is 2.53 bits per heavy atom. The van der Waals surface area contributed by atoms with Crippen LogP contribution in [0.1, 0.15) is 56.8 Å². The highest BCUT2D eigenvalue weighted by Crippen LogP contribution is 2.62. The Labute approximate surface area is 179 Å². The second-order valence-corrected chi connectivity index (χ2v) is 12.0. The molecular formula is C22H33N3O4S. The molecule has 1 aromatic rings. The molecule has 3 N–H and O–H groups in total. The van der Waals surface area contributed by atoms with Crippen LogP contribution in [0.3, 0.4) is 0 Å². The largest absolute Gasteiger partial charge is 0.392 e. The van der Waals surface area contributed by atoms with Crippen LogP contribution in [0.4, 0.5) is 5.69 Å². The first-order valence-electron chi connectivity index (χ1n) is 10.8. The van der Waals surface area contributed by atoms with Crippen LogP contribution in [0.15, 0.2) is 23.1 Å². The van der Waals surface area contributed by atoms with E-state index in [4.69, 9.17) is 0 Å². The predicted octanol–water partition coefficient (Wildman–Crippen LogP) is 2.43. The molecule has 1 saturated heterocycles. The van der Waals surface area contributed by atoms with E-state index >= 15 is 0 Å². The van der Waals surface area contributed by atoms with Gasteiger partial charge in [0.1, 0.15) is 4.90 Å². The zero-order chi connectivity index (χ0) is 21.9. The van der Waals surface area contributed by atoms with Crippen molar-refractivity contribution in [3.8, 4) is 0 Å². The highest BCUT2D eigenvalue weighted by molar-refractivity contribution is 7.89. The Morgan fingerprint density at radius 1 is 1.23 bits per heavy atom. The summed E-state index contributed by atoms with van der Waals surface area (Å²) in [6.07, 6.45) is 3.22. The number of aliphatic hydroxyl groups excluding tert-OH is 1. The summed E-state index contributed by atoms with van der Waals surface area (Å²) in [6, 6.07) is 4.83. The van der Waals surface area contributed by atoms with E-state index in [-0.39, 0.29) is 40.8 Å². The number of carbonyl (C=O) groups is 1. The maximum absolute atomic E-state index is 13.2. The molecule has 0 aromatic heterocycles. The molecule has 8 heteroatoms. The highest BCUT2D eigenvalue weighted by atomic mass is 32.2. The van der Waals surface area contributed by atoms with Gasteiger partial charge < -0.3 is 15.7 Å². The van der Waals surface area contributed by atoms with Crippen LogP contribution in [0, 0.1) is 16.7 Å². The zero-order valence-corrected chi connectivity index (χ0v) is 19.1. The van der Waals surface area contributed by atoms with Crippen molar-refractivity contribution in [2.24, 2.45) is 16.7 Å². The Morgan fingerprint density at radius 2 is 1.97 bits per heavy atom. The fraction of sp³-hybridized carbons (Fsp3) is 0.682. The molecule has 166 valence electrons. The molecule has 0 spiro atoms. The third kappa shape index (κ3) is 3.33. The van der Waals surface area contributed by atoms with Gasteiger partial charge in [-0.25, -0.2) is 8.42 Å². The van der Waals surface area contributed by atoms with Crippen LogP contribution in [0.25, 0.3) is 0 Å². The molecule has 4 rings (SSSR count). The number of aliphatic hydroxyl groups is 1. The molecule has 30 heavy (non-hydrogen) atoms. The molecule has 1 heterocycles. The molecule has 4 unspecified atom stereocenters. The number of nitrogens with one attached hydrogen (secondary N) is 2. The van der Waals surface area contributed by atoms with Gasteiger partial charge in [-0.3, -0.25) is 4.79 Å². The highest BCUT2D eigenvalue weighted by Gasteiger charge is 2.59. The van der Waals surface area contributed by atoms with Crippen molar-refractivity contribution < 1.29 is 18.3 Å². The van der Waals surface area contributed by atoms with E-state index in [2.05, 4.69) is 31.4 Å². The van der Waals surface area contributed by atoms with E-state index in [1.165, 1.54) is 16.8 Å². The number of nitrogens with zero attached hydrogens (tertiary/aromatic N) is 1. The second kappa shape index (κ2) is 7.21. The summed E-state index contributed by atoms with van der Waals surface area (Å²) in [7, 11) is -2.15. The normalized spacial score (nSPS) is 33.0. The van der Waals surface area contributed by atoms with E-state index in [1.807, 2.05) is 0 Å². The maximum atomic E-state index is 13.2.